The summed E-state index contributed by atoms with van der Waals surface area (Å²) in [7, 11) is 0. The highest BCUT2D eigenvalue weighted by atomic mass is 16.3. The van der Waals surface area contributed by atoms with Gasteiger partial charge < -0.3 is 10.8 Å². The van der Waals surface area contributed by atoms with E-state index in [1.807, 2.05) is 12.1 Å². The summed E-state index contributed by atoms with van der Waals surface area (Å²) >= 11 is 0. The van der Waals surface area contributed by atoms with Crippen molar-refractivity contribution in [2.45, 2.75) is 51.1 Å². The molecule has 3 unspecified atom stereocenters. The molecule has 0 aromatic heterocycles. The second kappa shape index (κ2) is 5.74. The van der Waals surface area contributed by atoms with E-state index in [2.05, 4.69) is 17.9 Å². The van der Waals surface area contributed by atoms with Crippen LogP contribution in [0.15, 0.2) is 18.2 Å². The van der Waals surface area contributed by atoms with Crippen molar-refractivity contribution in [3.8, 4) is 5.75 Å². The van der Waals surface area contributed by atoms with E-state index in [9.17, 15) is 5.11 Å². The molecule has 3 rings (SSSR count). The van der Waals surface area contributed by atoms with E-state index in [1.54, 1.807) is 0 Å². The number of hydrogen-bond acceptors (Lipinski definition) is 3. The van der Waals surface area contributed by atoms with Crippen LogP contribution >= 0.6 is 0 Å². The van der Waals surface area contributed by atoms with E-state index >= 15 is 0 Å². The molecule has 3 nitrogen and oxygen atoms in total. The van der Waals surface area contributed by atoms with Gasteiger partial charge in [-0.05, 0) is 48.4 Å². The van der Waals surface area contributed by atoms with E-state index in [0.717, 1.165) is 25.9 Å². The van der Waals surface area contributed by atoms with Crippen molar-refractivity contribution in [1.82, 2.24) is 4.90 Å². The average Bonchev–Trinajstić information content (AvgIpc) is 2.44. The number of aromatic hydroxyl groups is 1. The van der Waals surface area contributed by atoms with Gasteiger partial charge in [0.25, 0.3) is 0 Å². The Morgan fingerprint density at radius 2 is 2.25 bits per heavy atom. The zero-order chi connectivity index (χ0) is 14.1. The first-order valence-corrected chi connectivity index (χ1v) is 8.00. The molecule has 3 N–H and O–H groups in total. The lowest BCUT2D eigenvalue weighted by Gasteiger charge is -2.46. The Balaban J connectivity index is 1.78. The van der Waals surface area contributed by atoms with E-state index in [4.69, 9.17) is 5.73 Å². The summed E-state index contributed by atoms with van der Waals surface area (Å²) in [6, 6.07) is 6.63. The highest BCUT2D eigenvalue weighted by molar-refractivity contribution is 5.39. The minimum absolute atomic E-state index is 0.322. The molecule has 3 heteroatoms. The normalized spacial score (nSPS) is 29.8. The Kier molecular flexibility index (Phi) is 3.99. The van der Waals surface area contributed by atoms with Crippen LogP contribution in [0.5, 0.6) is 5.75 Å². The largest absolute Gasteiger partial charge is 0.508 e. The number of unbranched alkanes of at least 4 members (excludes halogenated alkanes) is 1. The third-order valence-electron chi connectivity index (χ3n) is 5.09. The van der Waals surface area contributed by atoms with E-state index in [-0.39, 0.29) is 0 Å². The van der Waals surface area contributed by atoms with Gasteiger partial charge in [-0.1, -0.05) is 25.8 Å². The molecule has 1 aromatic carbocycles. The van der Waals surface area contributed by atoms with Gasteiger partial charge >= 0.3 is 0 Å². The number of benzene rings is 1. The monoisotopic (exact) mass is 274 g/mol. The van der Waals surface area contributed by atoms with Gasteiger partial charge in [0.1, 0.15) is 5.75 Å². The lowest BCUT2D eigenvalue weighted by atomic mass is 9.79. The Labute approximate surface area is 121 Å². The predicted octanol–water partition coefficient (Wildman–Crippen LogP) is 2.83. The molecule has 1 saturated heterocycles. The van der Waals surface area contributed by atoms with Gasteiger partial charge in [-0.15, -0.1) is 0 Å². The number of nitrogens with two attached hydrogens (primary N) is 1. The van der Waals surface area contributed by atoms with Gasteiger partial charge in [0.2, 0.25) is 0 Å². The first-order valence-electron chi connectivity index (χ1n) is 8.00. The zero-order valence-corrected chi connectivity index (χ0v) is 12.4. The van der Waals surface area contributed by atoms with Crippen molar-refractivity contribution in [3.05, 3.63) is 29.3 Å². The Morgan fingerprint density at radius 1 is 1.40 bits per heavy atom. The molecule has 2 heterocycles. The smallest absolute Gasteiger partial charge is 0.115 e. The van der Waals surface area contributed by atoms with Crippen molar-refractivity contribution in [2.24, 2.45) is 11.7 Å². The summed E-state index contributed by atoms with van der Waals surface area (Å²) in [4.78, 5) is 2.61. The summed E-state index contributed by atoms with van der Waals surface area (Å²) in [5, 5.41) is 9.64. The summed E-state index contributed by atoms with van der Waals surface area (Å²) in [6.45, 7) is 4.50. The standard InChI is InChI=1S/C17H26N2O/c1-2-3-4-13-11-19-8-7-12-9-14(20)5-6-15(12)17(19)10-16(13)18/h5-6,9,13,16-17,20H,2-4,7-8,10-11,18H2,1H3. The van der Waals surface area contributed by atoms with Crippen LogP contribution in [0.3, 0.4) is 0 Å². The summed E-state index contributed by atoms with van der Waals surface area (Å²) in [5.74, 6) is 1.04. The number of rotatable bonds is 3. The highest BCUT2D eigenvalue weighted by Gasteiger charge is 2.36. The average molecular weight is 274 g/mol. The van der Waals surface area contributed by atoms with Gasteiger partial charge in [-0.2, -0.15) is 0 Å². The third-order valence-corrected chi connectivity index (χ3v) is 5.09. The fourth-order valence-electron chi connectivity index (χ4n) is 3.90. The fourth-order valence-corrected chi connectivity index (χ4v) is 3.90. The molecule has 110 valence electrons. The van der Waals surface area contributed by atoms with E-state index in [0.29, 0.717) is 23.8 Å². The Hall–Kier alpha value is -1.06. The van der Waals surface area contributed by atoms with Crippen LogP contribution in [0, 0.1) is 5.92 Å². The highest BCUT2D eigenvalue weighted by Crippen LogP contribution is 2.39. The molecule has 0 aliphatic carbocycles. The number of phenolic OH excluding ortho intramolecular Hbond substituents is 1. The van der Waals surface area contributed by atoms with Gasteiger partial charge in [0, 0.05) is 25.2 Å². The molecule has 1 aromatic rings. The maximum Gasteiger partial charge on any atom is 0.115 e. The van der Waals surface area contributed by atoms with Crippen LogP contribution in [0.4, 0.5) is 0 Å². The van der Waals surface area contributed by atoms with Crippen molar-refractivity contribution in [2.75, 3.05) is 13.1 Å². The summed E-state index contributed by atoms with van der Waals surface area (Å²) in [5.41, 5.74) is 9.14. The molecular weight excluding hydrogens is 248 g/mol. The quantitative estimate of drug-likeness (QED) is 0.891. The predicted molar refractivity (Wildman–Crippen MR) is 81.7 cm³/mol. The molecule has 1 fully saturated rings. The molecule has 0 spiro atoms. The van der Waals surface area contributed by atoms with Crippen LogP contribution in [0.2, 0.25) is 0 Å². The topological polar surface area (TPSA) is 49.5 Å². The van der Waals surface area contributed by atoms with Crippen molar-refractivity contribution in [3.63, 3.8) is 0 Å². The molecule has 2 aliphatic rings. The molecular formula is C17H26N2O. The first kappa shape index (κ1) is 13.9. The van der Waals surface area contributed by atoms with Crippen LogP contribution < -0.4 is 5.73 Å². The lowest BCUT2D eigenvalue weighted by Crippen LogP contribution is -2.50. The summed E-state index contributed by atoms with van der Waals surface area (Å²) in [6.07, 6.45) is 5.93. The Bertz CT molecular complexity index is 474. The van der Waals surface area contributed by atoms with Gasteiger partial charge in [-0.3, -0.25) is 4.90 Å². The Morgan fingerprint density at radius 3 is 3.05 bits per heavy atom. The minimum Gasteiger partial charge on any atom is -0.508 e. The number of hydrogen-bond donors (Lipinski definition) is 2. The van der Waals surface area contributed by atoms with Crippen LogP contribution in [0.1, 0.15) is 49.8 Å². The summed E-state index contributed by atoms with van der Waals surface area (Å²) < 4.78 is 0. The SMILES string of the molecule is CCCCC1CN2CCc3cc(O)ccc3C2CC1N. The molecule has 0 radical (unpaired) electrons. The molecule has 0 bridgehead atoms. The zero-order valence-electron chi connectivity index (χ0n) is 12.4. The van der Waals surface area contributed by atoms with E-state index < -0.39 is 0 Å². The van der Waals surface area contributed by atoms with Crippen molar-refractivity contribution >= 4 is 0 Å². The van der Waals surface area contributed by atoms with Crippen LogP contribution in [0.25, 0.3) is 0 Å². The van der Waals surface area contributed by atoms with E-state index in [1.165, 1.54) is 30.4 Å². The molecule has 0 saturated carbocycles. The molecule has 3 atom stereocenters. The third kappa shape index (κ3) is 2.57. The maximum absolute atomic E-state index is 9.64. The first-order chi connectivity index (χ1) is 9.69. The molecule has 20 heavy (non-hydrogen) atoms. The maximum atomic E-state index is 9.64. The number of nitrogens with zero attached hydrogens (tertiary/aromatic N) is 1. The molecule has 0 amide bonds. The number of piperidine rings is 1. The number of phenols is 1. The van der Waals surface area contributed by atoms with Gasteiger partial charge in [0.15, 0.2) is 0 Å². The van der Waals surface area contributed by atoms with Crippen molar-refractivity contribution in [1.29, 1.82) is 0 Å². The minimum atomic E-state index is 0.322. The number of fused-ring (bicyclic) bond motifs is 3. The van der Waals surface area contributed by atoms with Crippen LogP contribution in [-0.4, -0.2) is 29.1 Å². The molecule has 2 aliphatic heterocycles. The van der Waals surface area contributed by atoms with Gasteiger partial charge in [-0.25, -0.2) is 0 Å². The fraction of sp³-hybridized carbons (Fsp3) is 0.647. The van der Waals surface area contributed by atoms with Gasteiger partial charge in [0.05, 0.1) is 0 Å². The lowest BCUT2D eigenvalue weighted by molar-refractivity contribution is 0.0785. The van der Waals surface area contributed by atoms with Crippen LogP contribution in [-0.2, 0) is 6.42 Å². The second-order valence-electron chi connectivity index (χ2n) is 6.45. The van der Waals surface area contributed by atoms with Crippen molar-refractivity contribution < 1.29 is 5.11 Å². The second-order valence-corrected chi connectivity index (χ2v) is 6.45.